The van der Waals surface area contributed by atoms with Crippen LogP contribution >= 0.6 is 0 Å². The highest BCUT2D eigenvalue weighted by Gasteiger charge is 2.18. The second-order valence-electron chi connectivity index (χ2n) is 4.62. The van der Waals surface area contributed by atoms with Crippen LogP contribution in [-0.2, 0) is 7.05 Å². The van der Waals surface area contributed by atoms with Gasteiger partial charge in [0.1, 0.15) is 5.76 Å². The molecule has 0 bridgehead atoms. The minimum absolute atomic E-state index is 0.263. The largest absolute Gasteiger partial charge is 0.441 e. The predicted molar refractivity (Wildman–Crippen MR) is 77.8 cm³/mol. The molecule has 6 nitrogen and oxygen atoms in total. The van der Waals surface area contributed by atoms with Gasteiger partial charge in [-0.25, -0.2) is 4.98 Å². The van der Waals surface area contributed by atoms with Gasteiger partial charge < -0.3 is 9.73 Å². The van der Waals surface area contributed by atoms with E-state index in [9.17, 15) is 4.79 Å². The first-order valence-corrected chi connectivity index (χ1v) is 6.47. The van der Waals surface area contributed by atoms with Gasteiger partial charge in [0.15, 0.2) is 11.5 Å². The third-order valence-electron chi connectivity index (χ3n) is 2.99. The molecule has 106 valence electrons. The number of aryl methyl sites for hydroxylation is 2. The van der Waals surface area contributed by atoms with Crippen LogP contribution in [0, 0.1) is 6.92 Å². The van der Waals surface area contributed by atoms with Gasteiger partial charge in [0, 0.05) is 24.9 Å². The van der Waals surface area contributed by atoms with Crippen molar-refractivity contribution in [1.29, 1.82) is 0 Å². The quantitative estimate of drug-likeness (QED) is 0.801. The van der Waals surface area contributed by atoms with Gasteiger partial charge in [0.25, 0.3) is 5.91 Å². The fraction of sp³-hybridized carbons (Fsp3) is 0.133. The first-order chi connectivity index (χ1) is 10.1. The summed E-state index contributed by atoms with van der Waals surface area (Å²) in [5.74, 6) is 1.05. The number of aromatic nitrogens is 3. The maximum Gasteiger partial charge on any atom is 0.279 e. The number of rotatable bonds is 3. The molecule has 2 heterocycles. The van der Waals surface area contributed by atoms with E-state index < -0.39 is 0 Å². The molecule has 0 aliphatic carbocycles. The molecule has 3 rings (SSSR count). The van der Waals surface area contributed by atoms with Gasteiger partial charge in [0.2, 0.25) is 5.89 Å². The first-order valence-electron chi connectivity index (χ1n) is 6.47. The highest BCUT2D eigenvalue weighted by molar-refractivity contribution is 6.03. The summed E-state index contributed by atoms with van der Waals surface area (Å²) in [6.45, 7) is 1.72. The Hall–Kier alpha value is -2.89. The molecule has 0 aliphatic heterocycles. The van der Waals surface area contributed by atoms with Crippen LogP contribution in [0.25, 0.3) is 11.5 Å². The SMILES string of the molecule is Cc1oc(-c2ccccc2)nc1C(=O)Nc1ccn(C)n1. The molecule has 0 atom stereocenters. The van der Waals surface area contributed by atoms with Crippen molar-refractivity contribution in [3.8, 4) is 11.5 Å². The topological polar surface area (TPSA) is 73.0 Å². The van der Waals surface area contributed by atoms with E-state index in [0.29, 0.717) is 17.5 Å². The van der Waals surface area contributed by atoms with Crippen molar-refractivity contribution >= 4 is 11.7 Å². The Morgan fingerprint density at radius 2 is 2.00 bits per heavy atom. The molecule has 21 heavy (non-hydrogen) atoms. The van der Waals surface area contributed by atoms with Crippen LogP contribution in [0.3, 0.4) is 0 Å². The van der Waals surface area contributed by atoms with Crippen LogP contribution in [0.1, 0.15) is 16.2 Å². The lowest BCUT2D eigenvalue weighted by atomic mass is 10.2. The Labute approximate surface area is 121 Å². The maximum atomic E-state index is 12.2. The number of carbonyl (C=O) groups is 1. The maximum absolute atomic E-state index is 12.2. The van der Waals surface area contributed by atoms with Gasteiger partial charge in [0.05, 0.1) is 0 Å². The number of benzene rings is 1. The number of oxazole rings is 1. The highest BCUT2D eigenvalue weighted by Crippen LogP contribution is 2.21. The Bertz CT molecular complexity index is 774. The molecular formula is C15H14N4O2. The van der Waals surface area contributed by atoms with Crippen LogP contribution in [-0.4, -0.2) is 20.7 Å². The molecule has 1 N–H and O–H groups in total. The molecule has 0 saturated carbocycles. The Kier molecular flexibility index (Phi) is 3.27. The van der Waals surface area contributed by atoms with E-state index >= 15 is 0 Å². The zero-order chi connectivity index (χ0) is 14.8. The summed E-state index contributed by atoms with van der Waals surface area (Å²) >= 11 is 0. The van der Waals surface area contributed by atoms with Crippen molar-refractivity contribution < 1.29 is 9.21 Å². The standard InChI is InChI=1S/C15H14N4O2/c1-10-13(14(20)16-12-8-9-19(2)18-12)17-15(21-10)11-6-4-3-5-7-11/h3-9H,1-2H3,(H,16,18,20). The van der Waals surface area contributed by atoms with Crippen molar-refractivity contribution in [3.05, 3.63) is 54.0 Å². The fourth-order valence-corrected chi connectivity index (χ4v) is 1.97. The van der Waals surface area contributed by atoms with E-state index in [1.54, 1.807) is 30.9 Å². The number of amides is 1. The fourth-order valence-electron chi connectivity index (χ4n) is 1.97. The molecule has 0 fully saturated rings. The Balaban J connectivity index is 1.86. The lowest BCUT2D eigenvalue weighted by Gasteiger charge is -1.98. The summed E-state index contributed by atoms with van der Waals surface area (Å²) in [6.07, 6.45) is 1.75. The third kappa shape index (κ3) is 2.69. The van der Waals surface area contributed by atoms with Crippen molar-refractivity contribution in [2.75, 3.05) is 5.32 Å². The minimum Gasteiger partial charge on any atom is -0.441 e. The molecule has 0 saturated heterocycles. The zero-order valence-electron chi connectivity index (χ0n) is 11.7. The summed E-state index contributed by atoms with van der Waals surface area (Å²) in [5.41, 5.74) is 1.09. The van der Waals surface area contributed by atoms with E-state index in [0.717, 1.165) is 5.56 Å². The van der Waals surface area contributed by atoms with Crippen LogP contribution in [0.15, 0.2) is 47.0 Å². The van der Waals surface area contributed by atoms with E-state index in [1.807, 2.05) is 30.3 Å². The van der Waals surface area contributed by atoms with Gasteiger partial charge in [-0.2, -0.15) is 5.10 Å². The number of hydrogen-bond acceptors (Lipinski definition) is 4. The van der Waals surface area contributed by atoms with Crippen molar-refractivity contribution in [2.45, 2.75) is 6.92 Å². The average molecular weight is 282 g/mol. The zero-order valence-corrected chi connectivity index (χ0v) is 11.7. The van der Waals surface area contributed by atoms with Crippen LogP contribution < -0.4 is 5.32 Å². The highest BCUT2D eigenvalue weighted by atomic mass is 16.4. The Morgan fingerprint density at radius 3 is 2.67 bits per heavy atom. The summed E-state index contributed by atoms with van der Waals surface area (Å²) in [7, 11) is 1.78. The molecule has 2 aromatic heterocycles. The van der Waals surface area contributed by atoms with Gasteiger partial charge in [-0.3, -0.25) is 9.48 Å². The molecule has 0 unspecified atom stereocenters. The minimum atomic E-state index is -0.336. The molecule has 1 aromatic carbocycles. The molecular weight excluding hydrogens is 268 g/mol. The van der Waals surface area contributed by atoms with Crippen molar-refractivity contribution in [2.24, 2.45) is 7.05 Å². The monoisotopic (exact) mass is 282 g/mol. The summed E-state index contributed by atoms with van der Waals surface area (Å²) in [4.78, 5) is 16.5. The average Bonchev–Trinajstić information content (AvgIpc) is 3.06. The van der Waals surface area contributed by atoms with E-state index in [1.165, 1.54) is 0 Å². The first kappa shape index (κ1) is 13.1. The smallest absolute Gasteiger partial charge is 0.279 e. The van der Waals surface area contributed by atoms with Gasteiger partial charge >= 0.3 is 0 Å². The molecule has 0 radical (unpaired) electrons. The van der Waals surface area contributed by atoms with E-state index in [4.69, 9.17) is 4.42 Å². The van der Waals surface area contributed by atoms with Crippen LogP contribution in [0.4, 0.5) is 5.82 Å². The summed E-state index contributed by atoms with van der Waals surface area (Å²) < 4.78 is 7.18. The lowest BCUT2D eigenvalue weighted by molar-refractivity contribution is 0.102. The molecule has 6 heteroatoms. The van der Waals surface area contributed by atoms with Crippen LogP contribution in [0.5, 0.6) is 0 Å². The molecule has 3 aromatic rings. The second-order valence-corrected chi connectivity index (χ2v) is 4.62. The second kappa shape index (κ2) is 5.24. The molecule has 0 aliphatic rings. The number of nitrogens with zero attached hydrogens (tertiary/aromatic N) is 3. The number of nitrogens with one attached hydrogen (secondary N) is 1. The van der Waals surface area contributed by atoms with Gasteiger partial charge in [-0.15, -0.1) is 0 Å². The number of anilines is 1. The number of carbonyl (C=O) groups excluding carboxylic acids is 1. The van der Waals surface area contributed by atoms with Crippen molar-refractivity contribution in [3.63, 3.8) is 0 Å². The van der Waals surface area contributed by atoms with Crippen LogP contribution in [0.2, 0.25) is 0 Å². The van der Waals surface area contributed by atoms with E-state index in [-0.39, 0.29) is 11.6 Å². The molecule has 0 spiro atoms. The normalized spacial score (nSPS) is 10.6. The molecule has 1 amide bonds. The summed E-state index contributed by atoms with van der Waals surface area (Å²) in [6, 6.07) is 11.2. The van der Waals surface area contributed by atoms with Gasteiger partial charge in [-0.05, 0) is 19.1 Å². The lowest BCUT2D eigenvalue weighted by Crippen LogP contribution is -2.14. The summed E-state index contributed by atoms with van der Waals surface area (Å²) in [5, 5.41) is 6.79. The predicted octanol–water partition coefficient (Wildman–Crippen LogP) is 2.64. The third-order valence-corrected chi connectivity index (χ3v) is 2.99. The van der Waals surface area contributed by atoms with Gasteiger partial charge in [-0.1, -0.05) is 18.2 Å². The van der Waals surface area contributed by atoms with E-state index in [2.05, 4.69) is 15.4 Å². The van der Waals surface area contributed by atoms with Crippen molar-refractivity contribution in [1.82, 2.24) is 14.8 Å². The Morgan fingerprint density at radius 1 is 1.24 bits per heavy atom. The number of hydrogen-bond donors (Lipinski definition) is 1.